The van der Waals surface area contributed by atoms with Crippen LogP contribution in [0.25, 0.3) is 0 Å². The minimum Gasteiger partial charge on any atom is -0.478 e. The van der Waals surface area contributed by atoms with Gasteiger partial charge in [-0.15, -0.1) is 11.3 Å². The molecule has 2 rings (SSSR count). The van der Waals surface area contributed by atoms with Crippen molar-refractivity contribution in [1.29, 1.82) is 0 Å². The van der Waals surface area contributed by atoms with E-state index in [1.54, 1.807) is 4.88 Å². The van der Waals surface area contributed by atoms with Crippen LogP contribution in [0.1, 0.15) is 31.1 Å². The lowest BCUT2D eigenvalue weighted by Gasteiger charge is -2.27. The second kappa shape index (κ2) is 8.70. The quantitative estimate of drug-likeness (QED) is 0.814. The van der Waals surface area contributed by atoms with Crippen LogP contribution < -0.4 is 0 Å². The molecular weight excluding hydrogens is 302 g/mol. The summed E-state index contributed by atoms with van der Waals surface area (Å²) in [6.07, 6.45) is 5.10. The molecule has 2 N–H and O–H groups in total. The molecule has 1 saturated heterocycles. The Labute approximate surface area is 134 Å². The third-order valence-electron chi connectivity index (χ3n) is 3.69. The van der Waals surface area contributed by atoms with E-state index in [2.05, 4.69) is 36.4 Å². The lowest BCUT2D eigenvalue weighted by atomic mass is 9.81. The van der Waals surface area contributed by atoms with E-state index in [1.165, 1.54) is 32.4 Å². The van der Waals surface area contributed by atoms with Gasteiger partial charge in [0.15, 0.2) is 0 Å². The Bertz CT molecular complexity index is 492. The highest BCUT2D eigenvalue weighted by Crippen LogP contribution is 2.40. The Morgan fingerprint density at radius 1 is 1.36 bits per heavy atom. The van der Waals surface area contributed by atoms with E-state index >= 15 is 0 Å². The largest absolute Gasteiger partial charge is 0.478 e. The SMILES string of the molecule is CCCC1(c2cccs2)CCN(C)C1.O=C(O)C=CC(=O)O. The lowest BCUT2D eigenvalue weighted by molar-refractivity contribution is -0.134. The fraction of sp³-hybridized carbons (Fsp3) is 0.500. The van der Waals surface area contributed by atoms with Crippen molar-refractivity contribution in [2.75, 3.05) is 20.1 Å². The van der Waals surface area contributed by atoms with Crippen molar-refractivity contribution in [2.24, 2.45) is 0 Å². The highest BCUT2D eigenvalue weighted by molar-refractivity contribution is 7.10. The maximum Gasteiger partial charge on any atom is 0.328 e. The van der Waals surface area contributed by atoms with Crippen LogP contribution in [0.2, 0.25) is 0 Å². The van der Waals surface area contributed by atoms with Crippen molar-refractivity contribution in [2.45, 2.75) is 31.6 Å². The summed E-state index contributed by atoms with van der Waals surface area (Å²) < 4.78 is 0. The molecule has 0 amide bonds. The number of rotatable bonds is 5. The molecule has 5 nitrogen and oxygen atoms in total. The van der Waals surface area contributed by atoms with Crippen molar-refractivity contribution in [3.8, 4) is 0 Å². The second-order valence-electron chi connectivity index (χ2n) is 5.51. The number of carboxylic acid groups (broad SMARTS) is 2. The predicted molar refractivity (Wildman–Crippen MR) is 87.4 cm³/mol. The van der Waals surface area contributed by atoms with Crippen molar-refractivity contribution in [3.63, 3.8) is 0 Å². The van der Waals surface area contributed by atoms with Gasteiger partial charge >= 0.3 is 11.9 Å². The molecule has 0 radical (unpaired) electrons. The summed E-state index contributed by atoms with van der Waals surface area (Å²) in [6, 6.07) is 4.51. The summed E-state index contributed by atoms with van der Waals surface area (Å²) in [4.78, 5) is 23.2. The zero-order valence-corrected chi connectivity index (χ0v) is 13.8. The number of thiophene rings is 1. The third kappa shape index (κ3) is 5.61. The molecule has 1 aliphatic rings. The van der Waals surface area contributed by atoms with Crippen LogP contribution in [-0.2, 0) is 15.0 Å². The first-order valence-electron chi connectivity index (χ1n) is 7.26. The molecule has 1 atom stereocenters. The first kappa shape index (κ1) is 18.4. The number of aliphatic carboxylic acids is 2. The number of carboxylic acids is 2. The van der Waals surface area contributed by atoms with Gasteiger partial charge in [-0.3, -0.25) is 0 Å². The van der Waals surface area contributed by atoms with Crippen molar-refractivity contribution >= 4 is 23.3 Å². The number of likely N-dealkylation sites (tertiary alicyclic amines) is 1. The van der Waals surface area contributed by atoms with Gasteiger partial charge in [-0.25, -0.2) is 9.59 Å². The molecule has 122 valence electrons. The highest BCUT2D eigenvalue weighted by Gasteiger charge is 2.37. The number of likely N-dealkylation sites (N-methyl/N-ethyl adjacent to an activating group) is 1. The Morgan fingerprint density at radius 3 is 2.36 bits per heavy atom. The molecule has 1 aromatic rings. The molecule has 0 saturated carbocycles. The van der Waals surface area contributed by atoms with E-state index in [1.807, 2.05) is 11.3 Å². The standard InChI is InChI=1S/C12H19NS.C4H4O4/c1-3-6-12(7-8-13(2)10-12)11-5-4-9-14-11;5-3(6)1-2-4(7)8/h4-5,9H,3,6-8,10H2,1-2H3;1-2H,(H,5,6)(H,7,8). The molecule has 0 aliphatic carbocycles. The van der Waals surface area contributed by atoms with Crippen molar-refractivity contribution in [1.82, 2.24) is 4.90 Å². The van der Waals surface area contributed by atoms with Crippen LogP contribution in [0.15, 0.2) is 29.7 Å². The molecule has 6 heteroatoms. The van der Waals surface area contributed by atoms with E-state index < -0.39 is 11.9 Å². The summed E-state index contributed by atoms with van der Waals surface area (Å²) >= 11 is 1.93. The average Bonchev–Trinajstić information content (AvgIpc) is 3.08. The van der Waals surface area contributed by atoms with Crippen LogP contribution in [0.4, 0.5) is 0 Å². The molecule has 1 fully saturated rings. The maximum absolute atomic E-state index is 9.55. The summed E-state index contributed by atoms with van der Waals surface area (Å²) in [5.41, 5.74) is 0.484. The number of carbonyl (C=O) groups is 2. The molecule has 0 spiro atoms. The highest BCUT2D eigenvalue weighted by atomic mass is 32.1. The topological polar surface area (TPSA) is 77.8 Å². The van der Waals surface area contributed by atoms with E-state index in [9.17, 15) is 9.59 Å². The Kier molecular flexibility index (Phi) is 7.27. The van der Waals surface area contributed by atoms with Crippen molar-refractivity contribution in [3.05, 3.63) is 34.5 Å². The average molecular weight is 325 g/mol. The van der Waals surface area contributed by atoms with Gasteiger partial charge in [0.05, 0.1) is 0 Å². The molecule has 22 heavy (non-hydrogen) atoms. The number of nitrogens with zero attached hydrogens (tertiary/aromatic N) is 1. The van der Waals surface area contributed by atoms with Crippen LogP contribution in [0.3, 0.4) is 0 Å². The minimum atomic E-state index is -1.26. The predicted octanol–water partition coefficient (Wildman–Crippen LogP) is 2.83. The van der Waals surface area contributed by atoms with E-state index in [4.69, 9.17) is 10.2 Å². The Morgan fingerprint density at radius 2 is 2.00 bits per heavy atom. The van der Waals surface area contributed by atoms with E-state index in [-0.39, 0.29) is 0 Å². The Balaban J connectivity index is 0.000000261. The minimum absolute atomic E-state index is 0.484. The van der Waals surface area contributed by atoms with E-state index in [0.29, 0.717) is 17.6 Å². The van der Waals surface area contributed by atoms with Crippen LogP contribution in [-0.4, -0.2) is 47.2 Å². The van der Waals surface area contributed by atoms with Gasteiger partial charge in [0.2, 0.25) is 0 Å². The van der Waals surface area contributed by atoms with Gasteiger partial charge in [0.1, 0.15) is 0 Å². The molecular formula is C16H23NO4S. The fourth-order valence-corrected chi connectivity index (χ4v) is 3.79. The summed E-state index contributed by atoms with van der Waals surface area (Å²) in [5, 5.41) is 17.8. The van der Waals surface area contributed by atoms with Crippen molar-refractivity contribution < 1.29 is 19.8 Å². The summed E-state index contributed by atoms with van der Waals surface area (Å²) in [5.74, 6) is -2.51. The smallest absolute Gasteiger partial charge is 0.328 e. The molecule has 1 unspecified atom stereocenters. The van der Waals surface area contributed by atoms with Gasteiger partial charge in [0.25, 0.3) is 0 Å². The normalized spacial score (nSPS) is 21.5. The molecule has 1 aliphatic heterocycles. The van der Waals surface area contributed by atoms with Gasteiger partial charge in [-0.1, -0.05) is 19.4 Å². The fourth-order valence-electron chi connectivity index (χ4n) is 2.81. The summed E-state index contributed by atoms with van der Waals surface area (Å²) in [6.45, 7) is 4.81. The zero-order valence-electron chi connectivity index (χ0n) is 13.0. The molecule has 2 heterocycles. The second-order valence-corrected chi connectivity index (χ2v) is 6.45. The lowest BCUT2D eigenvalue weighted by Crippen LogP contribution is -2.28. The molecule has 1 aromatic heterocycles. The van der Waals surface area contributed by atoms with Gasteiger partial charge < -0.3 is 15.1 Å². The zero-order chi connectivity index (χ0) is 16.6. The Hall–Kier alpha value is -1.66. The molecule has 0 aromatic carbocycles. The van der Waals surface area contributed by atoms with Crippen LogP contribution in [0, 0.1) is 0 Å². The van der Waals surface area contributed by atoms with E-state index in [0.717, 1.165) is 0 Å². The number of hydrogen-bond donors (Lipinski definition) is 2. The monoisotopic (exact) mass is 325 g/mol. The van der Waals surface area contributed by atoms with Gasteiger partial charge in [-0.05, 0) is 37.9 Å². The maximum atomic E-state index is 9.55. The van der Waals surface area contributed by atoms with Gasteiger partial charge in [0, 0.05) is 29.0 Å². The van der Waals surface area contributed by atoms with Crippen LogP contribution in [0.5, 0.6) is 0 Å². The first-order chi connectivity index (χ1) is 10.4. The summed E-state index contributed by atoms with van der Waals surface area (Å²) in [7, 11) is 2.24. The number of hydrogen-bond acceptors (Lipinski definition) is 4. The van der Waals surface area contributed by atoms with Crippen LogP contribution >= 0.6 is 11.3 Å². The molecule has 0 bridgehead atoms. The first-order valence-corrected chi connectivity index (χ1v) is 8.14. The van der Waals surface area contributed by atoms with Gasteiger partial charge in [-0.2, -0.15) is 0 Å². The third-order valence-corrected chi connectivity index (χ3v) is 4.80.